The first kappa shape index (κ1) is 34.2. The average Bonchev–Trinajstić information content (AvgIpc) is 3.04. The highest BCUT2D eigenvalue weighted by molar-refractivity contribution is 7.92. The van der Waals surface area contributed by atoms with Crippen LogP contribution in [0.4, 0.5) is 5.69 Å². The van der Waals surface area contributed by atoms with E-state index in [1.54, 1.807) is 4.90 Å². The molecule has 4 fully saturated rings. The molecule has 4 aliphatic rings. The van der Waals surface area contributed by atoms with Gasteiger partial charge in [0.1, 0.15) is 12.6 Å². The molecular weight excluding hydrogens is 619 g/mol. The van der Waals surface area contributed by atoms with Gasteiger partial charge >= 0.3 is 0 Å². The second-order valence-electron chi connectivity index (χ2n) is 15.4. The molecule has 4 saturated carbocycles. The van der Waals surface area contributed by atoms with E-state index in [2.05, 4.69) is 17.4 Å². The maximum absolute atomic E-state index is 14.5. The number of nitrogens with zero attached hydrogens (tertiary/aromatic N) is 2. The maximum atomic E-state index is 14.5. The minimum Gasteiger partial charge on any atom is -0.354 e. The zero-order valence-electron chi connectivity index (χ0n) is 28.9. The third-order valence-electron chi connectivity index (χ3n) is 10.9. The van der Waals surface area contributed by atoms with Gasteiger partial charge < -0.3 is 10.2 Å². The molecule has 0 unspecified atom stereocenters. The highest BCUT2D eigenvalue weighted by Gasteiger charge is 2.51. The third-order valence-corrected chi connectivity index (χ3v) is 12.1. The highest BCUT2D eigenvalue weighted by atomic mass is 32.2. The zero-order valence-corrected chi connectivity index (χ0v) is 29.7. The van der Waals surface area contributed by atoms with Gasteiger partial charge in [-0.05, 0) is 103 Å². The summed E-state index contributed by atoms with van der Waals surface area (Å²) >= 11 is 0. The Kier molecular flexibility index (Phi) is 10.0. The molecule has 256 valence electrons. The molecule has 0 aliphatic heterocycles. The molecule has 3 aromatic rings. The van der Waals surface area contributed by atoms with Gasteiger partial charge in [0.15, 0.2) is 0 Å². The number of sulfonamides is 1. The summed E-state index contributed by atoms with van der Waals surface area (Å²) in [6.07, 6.45) is 9.21. The number of nitrogens with one attached hydrogen (secondary N) is 1. The van der Waals surface area contributed by atoms with E-state index in [4.69, 9.17) is 0 Å². The van der Waals surface area contributed by atoms with E-state index in [9.17, 15) is 18.0 Å². The molecule has 1 N–H and O–H groups in total. The predicted octanol–water partition coefficient (Wildman–Crippen LogP) is 6.64. The molecule has 7 nitrogen and oxygen atoms in total. The van der Waals surface area contributed by atoms with Crippen molar-refractivity contribution in [2.24, 2.45) is 23.7 Å². The molecule has 4 aliphatic carbocycles. The van der Waals surface area contributed by atoms with E-state index >= 15 is 0 Å². The number of aryl methyl sites for hydroxylation is 1. The fourth-order valence-electron chi connectivity index (χ4n) is 8.93. The second kappa shape index (κ2) is 14.1. The van der Waals surface area contributed by atoms with Gasteiger partial charge in [0, 0.05) is 19.5 Å². The number of hydrogen-bond donors (Lipinski definition) is 1. The van der Waals surface area contributed by atoms with Crippen LogP contribution in [0.25, 0.3) is 0 Å². The van der Waals surface area contributed by atoms with Gasteiger partial charge in [0.25, 0.3) is 0 Å². The van der Waals surface area contributed by atoms with E-state index in [0.29, 0.717) is 18.7 Å². The van der Waals surface area contributed by atoms with Crippen molar-refractivity contribution < 1.29 is 18.0 Å². The Morgan fingerprint density at radius 1 is 0.833 bits per heavy atom. The van der Waals surface area contributed by atoms with E-state index < -0.39 is 28.5 Å². The molecule has 1 atom stereocenters. The number of amides is 2. The normalized spacial score (nSPS) is 23.6. The van der Waals surface area contributed by atoms with Crippen molar-refractivity contribution in [3.05, 3.63) is 101 Å². The molecule has 0 radical (unpaired) electrons. The Hall–Kier alpha value is -3.65. The summed E-state index contributed by atoms with van der Waals surface area (Å²) in [6.45, 7) is 6.31. The molecule has 8 heteroatoms. The van der Waals surface area contributed by atoms with Crippen LogP contribution < -0.4 is 9.62 Å². The second-order valence-corrected chi connectivity index (χ2v) is 17.3. The lowest BCUT2D eigenvalue weighted by Gasteiger charge is -2.57. The minimum absolute atomic E-state index is 0.175. The molecule has 7 rings (SSSR count). The van der Waals surface area contributed by atoms with Crippen LogP contribution >= 0.6 is 0 Å². The Labute approximate surface area is 287 Å². The standard InChI is InChI=1S/C40H51N3O4S/c1-28(2)25-41-39(45)37(21-30-8-6-5-7-9-30)42(26-31-12-10-29(3)11-13-31)38(44)27-43(48(4,46)47)36-16-14-35(15-17-36)40-22-32-18-33(23-40)20-34(19-32)24-40/h5-17,28,32-34,37H,18-27H2,1-4H3,(H,41,45)/t32?,33?,34?,37-,40?/m0/s1. The Balaban J connectivity index is 1.30. The van der Waals surface area contributed by atoms with Gasteiger partial charge in [0.2, 0.25) is 21.8 Å². The quantitative estimate of drug-likeness (QED) is 0.221. The van der Waals surface area contributed by atoms with E-state index in [1.165, 1.54) is 48.4 Å². The fraction of sp³-hybridized carbons (Fsp3) is 0.500. The summed E-state index contributed by atoms with van der Waals surface area (Å²) in [5, 5.41) is 3.04. The van der Waals surface area contributed by atoms with Gasteiger partial charge in [-0.15, -0.1) is 0 Å². The van der Waals surface area contributed by atoms with Crippen LogP contribution in [0.15, 0.2) is 78.9 Å². The van der Waals surface area contributed by atoms with Gasteiger partial charge in [-0.1, -0.05) is 86.1 Å². The number of benzene rings is 3. The number of anilines is 1. The molecule has 4 bridgehead atoms. The zero-order chi connectivity index (χ0) is 34.1. The van der Waals surface area contributed by atoms with Crippen LogP contribution in [0.5, 0.6) is 0 Å². The van der Waals surface area contributed by atoms with Crippen molar-refractivity contribution >= 4 is 27.5 Å². The smallest absolute Gasteiger partial charge is 0.244 e. The summed E-state index contributed by atoms with van der Waals surface area (Å²) in [7, 11) is -3.82. The number of carbonyl (C=O) groups is 2. The van der Waals surface area contributed by atoms with Crippen LogP contribution in [0.2, 0.25) is 0 Å². The molecular formula is C40H51N3O4S. The van der Waals surface area contributed by atoms with E-state index in [1.807, 2.05) is 87.5 Å². The monoisotopic (exact) mass is 669 g/mol. The summed E-state index contributed by atoms with van der Waals surface area (Å²) in [5.41, 5.74) is 4.85. The van der Waals surface area contributed by atoms with Gasteiger partial charge in [0.05, 0.1) is 11.9 Å². The van der Waals surface area contributed by atoms with Gasteiger partial charge in [-0.25, -0.2) is 8.42 Å². The number of carbonyl (C=O) groups excluding carboxylic acids is 2. The lowest BCUT2D eigenvalue weighted by molar-refractivity contribution is -0.140. The van der Waals surface area contributed by atoms with Crippen molar-refractivity contribution in [2.45, 2.75) is 83.7 Å². The first-order valence-electron chi connectivity index (χ1n) is 17.6. The number of rotatable bonds is 13. The number of hydrogen-bond acceptors (Lipinski definition) is 4. The SMILES string of the molecule is Cc1ccc(CN(C(=O)CN(c2ccc(C34CC5CC(CC(C5)C3)C4)cc2)S(C)(=O)=O)[C@@H](Cc2ccccc2)C(=O)NCC(C)C)cc1. The summed E-state index contributed by atoms with van der Waals surface area (Å²) in [4.78, 5) is 29.9. The van der Waals surface area contributed by atoms with Crippen LogP contribution in [0, 0.1) is 30.6 Å². The lowest BCUT2D eigenvalue weighted by Crippen LogP contribution is -2.53. The average molecular weight is 670 g/mol. The van der Waals surface area contributed by atoms with Crippen LogP contribution in [-0.2, 0) is 38.0 Å². The largest absolute Gasteiger partial charge is 0.354 e. The first-order valence-corrected chi connectivity index (χ1v) is 19.5. The summed E-state index contributed by atoms with van der Waals surface area (Å²) < 4.78 is 27.9. The lowest BCUT2D eigenvalue weighted by atomic mass is 9.48. The van der Waals surface area contributed by atoms with Crippen LogP contribution in [0.3, 0.4) is 0 Å². The van der Waals surface area contributed by atoms with Gasteiger partial charge in [-0.2, -0.15) is 0 Å². The van der Waals surface area contributed by atoms with Crippen LogP contribution in [0.1, 0.15) is 74.6 Å². The first-order chi connectivity index (χ1) is 22.9. The molecule has 48 heavy (non-hydrogen) atoms. The van der Waals surface area contributed by atoms with Crippen molar-refractivity contribution in [3.8, 4) is 0 Å². The summed E-state index contributed by atoms with van der Waals surface area (Å²) in [6, 6.07) is 24.7. The van der Waals surface area contributed by atoms with E-state index in [-0.39, 0.29) is 23.8 Å². The fourth-order valence-corrected chi connectivity index (χ4v) is 9.78. The Morgan fingerprint density at radius 2 is 1.42 bits per heavy atom. The molecule has 0 aromatic heterocycles. The van der Waals surface area contributed by atoms with Crippen molar-refractivity contribution in [3.63, 3.8) is 0 Å². The van der Waals surface area contributed by atoms with Crippen molar-refractivity contribution in [1.82, 2.24) is 10.2 Å². The summed E-state index contributed by atoms with van der Waals surface area (Å²) in [5.74, 6) is 1.98. The highest BCUT2D eigenvalue weighted by Crippen LogP contribution is 2.60. The van der Waals surface area contributed by atoms with Crippen LogP contribution in [-0.4, -0.2) is 50.5 Å². The Morgan fingerprint density at radius 3 is 1.96 bits per heavy atom. The molecule has 0 saturated heterocycles. The molecule has 3 aromatic carbocycles. The molecule has 0 spiro atoms. The maximum Gasteiger partial charge on any atom is 0.244 e. The van der Waals surface area contributed by atoms with Gasteiger partial charge in [-0.3, -0.25) is 13.9 Å². The third kappa shape index (κ3) is 7.80. The molecule has 2 amide bonds. The van der Waals surface area contributed by atoms with Crippen molar-refractivity contribution in [2.75, 3.05) is 23.7 Å². The molecule has 0 heterocycles. The minimum atomic E-state index is -3.82. The predicted molar refractivity (Wildman–Crippen MR) is 192 cm³/mol. The van der Waals surface area contributed by atoms with E-state index in [0.717, 1.165) is 40.7 Å². The topological polar surface area (TPSA) is 86.8 Å². The Bertz CT molecular complexity index is 1650. The van der Waals surface area contributed by atoms with Crippen molar-refractivity contribution in [1.29, 1.82) is 0 Å².